The van der Waals surface area contributed by atoms with Crippen molar-refractivity contribution in [1.82, 2.24) is 4.90 Å². The number of carbonyl (C=O) groups excluding carboxylic acids is 1. The van der Waals surface area contributed by atoms with Crippen molar-refractivity contribution in [2.45, 2.75) is 38.5 Å². The molecule has 1 amide bonds. The summed E-state index contributed by atoms with van der Waals surface area (Å²) in [5.74, 6) is 1.09. The van der Waals surface area contributed by atoms with Crippen LogP contribution in [0.4, 0.5) is 5.69 Å². The molecule has 2 aromatic carbocycles. The van der Waals surface area contributed by atoms with Crippen molar-refractivity contribution in [2.75, 3.05) is 37.7 Å². The molecule has 0 N–H and O–H groups in total. The summed E-state index contributed by atoms with van der Waals surface area (Å²) in [6.07, 6.45) is 6.00. The van der Waals surface area contributed by atoms with E-state index in [2.05, 4.69) is 47.4 Å². The molecule has 0 radical (unpaired) electrons. The number of nitrogens with zero attached hydrogens (tertiary/aromatic N) is 2. The Morgan fingerprint density at radius 3 is 2.57 bits per heavy atom. The van der Waals surface area contributed by atoms with Gasteiger partial charge in [-0.25, -0.2) is 0 Å². The second-order valence-electron chi connectivity index (χ2n) is 7.82. The van der Waals surface area contributed by atoms with Gasteiger partial charge in [0.15, 0.2) is 0 Å². The monoisotopic (exact) mass is 378 g/mol. The van der Waals surface area contributed by atoms with Gasteiger partial charge in [-0.2, -0.15) is 0 Å². The number of hydrogen-bond donors (Lipinski definition) is 0. The number of hydrogen-bond acceptors (Lipinski definition) is 3. The molecule has 2 aliphatic rings. The Hall–Kier alpha value is -2.33. The van der Waals surface area contributed by atoms with E-state index in [0.717, 1.165) is 43.9 Å². The molecule has 1 fully saturated rings. The first-order valence-corrected chi connectivity index (χ1v) is 10.6. The second kappa shape index (κ2) is 9.24. The zero-order valence-electron chi connectivity index (χ0n) is 16.6. The van der Waals surface area contributed by atoms with Crippen LogP contribution < -0.4 is 9.64 Å². The summed E-state index contributed by atoms with van der Waals surface area (Å²) in [5.41, 5.74) is 3.54. The molecule has 0 bridgehead atoms. The van der Waals surface area contributed by atoms with Crippen molar-refractivity contribution < 1.29 is 9.53 Å². The minimum atomic E-state index is 0.217. The number of rotatable bonds is 8. The van der Waals surface area contributed by atoms with Gasteiger partial charge in [-0.3, -0.25) is 4.79 Å². The normalized spacial score (nSPS) is 17.0. The molecule has 4 rings (SSSR count). The fourth-order valence-electron chi connectivity index (χ4n) is 4.22. The first kappa shape index (κ1) is 19.0. The summed E-state index contributed by atoms with van der Waals surface area (Å²) in [5, 5.41) is 0. The number of ether oxygens (including phenoxy) is 1. The number of anilines is 1. The van der Waals surface area contributed by atoms with Crippen molar-refractivity contribution in [1.29, 1.82) is 0 Å². The van der Waals surface area contributed by atoms with Crippen LogP contribution in [0.3, 0.4) is 0 Å². The van der Waals surface area contributed by atoms with Crippen LogP contribution >= 0.6 is 0 Å². The maximum Gasteiger partial charge on any atom is 0.227 e. The van der Waals surface area contributed by atoms with E-state index in [1.54, 1.807) is 0 Å². The van der Waals surface area contributed by atoms with Crippen molar-refractivity contribution >= 4 is 11.6 Å². The highest BCUT2D eigenvalue weighted by Crippen LogP contribution is 2.32. The fraction of sp³-hybridized carbons (Fsp3) is 0.458. The molecule has 2 heterocycles. The molecule has 2 aliphatic heterocycles. The van der Waals surface area contributed by atoms with Crippen LogP contribution in [-0.4, -0.2) is 43.6 Å². The van der Waals surface area contributed by atoms with E-state index >= 15 is 0 Å². The lowest BCUT2D eigenvalue weighted by Crippen LogP contribution is -2.36. The van der Waals surface area contributed by atoms with Crippen molar-refractivity contribution in [3.63, 3.8) is 0 Å². The first-order chi connectivity index (χ1) is 13.8. The Labute approximate surface area is 168 Å². The molecular weight excluding hydrogens is 348 g/mol. The average molecular weight is 379 g/mol. The van der Waals surface area contributed by atoms with E-state index in [0.29, 0.717) is 13.0 Å². The third-order valence-corrected chi connectivity index (χ3v) is 5.81. The van der Waals surface area contributed by atoms with Crippen molar-refractivity contribution in [3.8, 4) is 5.75 Å². The largest absolute Gasteiger partial charge is 0.493 e. The SMILES string of the molecule is O=C1CCc2ccc(OCCCN3CCCC3)cc2N1CCc1ccccc1. The Morgan fingerprint density at radius 1 is 0.929 bits per heavy atom. The molecule has 28 heavy (non-hydrogen) atoms. The summed E-state index contributed by atoms with van der Waals surface area (Å²) < 4.78 is 6.01. The Morgan fingerprint density at radius 2 is 1.75 bits per heavy atom. The van der Waals surface area contributed by atoms with Gasteiger partial charge in [0.1, 0.15) is 5.75 Å². The Balaban J connectivity index is 1.37. The van der Waals surface area contributed by atoms with E-state index in [1.807, 2.05) is 11.0 Å². The van der Waals surface area contributed by atoms with Crippen LogP contribution in [0.15, 0.2) is 48.5 Å². The van der Waals surface area contributed by atoms with Crippen LogP contribution in [0.25, 0.3) is 0 Å². The molecule has 1 saturated heterocycles. The number of fused-ring (bicyclic) bond motifs is 1. The molecule has 0 atom stereocenters. The van der Waals surface area contributed by atoms with E-state index in [1.165, 1.54) is 37.1 Å². The highest BCUT2D eigenvalue weighted by atomic mass is 16.5. The molecular formula is C24H30N2O2. The fourth-order valence-corrected chi connectivity index (χ4v) is 4.22. The maximum absolute atomic E-state index is 12.6. The number of aryl methyl sites for hydroxylation is 1. The molecule has 2 aromatic rings. The molecule has 0 unspecified atom stereocenters. The molecule has 0 spiro atoms. The lowest BCUT2D eigenvalue weighted by atomic mass is 10.00. The van der Waals surface area contributed by atoms with Crippen LogP contribution in [0.2, 0.25) is 0 Å². The molecule has 0 aliphatic carbocycles. The highest BCUT2D eigenvalue weighted by Gasteiger charge is 2.24. The molecule has 148 valence electrons. The van der Waals surface area contributed by atoms with E-state index in [9.17, 15) is 4.79 Å². The zero-order valence-corrected chi connectivity index (χ0v) is 16.6. The summed E-state index contributed by atoms with van der Waals surface area (Å²) in [6, 6.07) is 16.6. The van der Waals surface area contributed by atoms with Crippen LogP contribution in [0.5, 0.6) is 5.75 Å². The van der Waals surface area contributed by atoms with Crippen LogP contribution in [-0.2, 0) is 17.6 Å². The van der Waals surface area contributed by atoms with Gasteiger partial charge in [0.25, 0.3) is 0 Å². The van der Waals surface area contributed by atoms with Gasteiger partial charge in [0.2, 0.25) is 5.91 Å². The molecule has 0 aromatic heterocycles. The number of amides is 1. The third-order valence-electron chi connectivity index (χ3n) is 5.81. The standard InChI is InChI=1S/C24H30N2O2/c27-24-12-10-21-9-11-22(28-18-6-16-25-14-4-5-15-25)19-23(21)26(24)17-13-20-7-2-1-3-8-20/h1-3,7-9,11,19H,4-6,10,12-18H2. The lowest BCUT2D eigenvalue weighted by molar-refractivity contribution is -0.118. The summed E-state index contributed by atoms with van der Waals surface area (Å²) in [4.78, 5) is 17.0. The smallest absolute Gasteiger partial charge is 0.227 e. The zero-order chi connectivity index (χ0) is 19.2. The third kappa shape index (κ3) is 4.74. The maximum atomic E-state index is 12.6. The molecule has 4 nitrogen and oxygen atoms in total. The van der Waals surface area contributed by atoms with Crippen LogP contribution in [0, 0.1) is 0 Å². The van der Waals surface area contributed by atoms with Crippen molar-refractivity contribution in [3.05, 3.63) is 59.7 Å². The van der Waals surface area contributed by atoms with E-state index in [-0.39, 0.29) is 5.91 Å². The molecule has 0 saturated carbocycles. The number of likely N-dealkylation sites (tertiary alicyclic amines) is 1. The van der Waals surface area contributed by atoms with Gasteiger partial charge < -0.3 is 14.5 Å². The summed E-state index contributed by atoms with van der Waals surface area (Å²) in [6.45, 7) is 5.03. The van der Waals surface area contributed by atoms with Gasteiger partial charge in [-0.1, -0.05) is 36.4 Å². The minimum Gasteiger partial charge on any atom is -0.493 e. The van der Waals surface area contributed by atoms with Crippen LogP contribution in [0.1, 0.15) is 36.8 Å². The number of benzene rings is 2. The lowest BCUT2D eigenvalue weighted by Gasteiger charge is -2.30. The number of carbonyl (C=O) groups is 1. The van der Waals surface area contributed by atoms with Gasteiger partial charge in [0, 0.05) is 25.6 Å². The van der Waals surface area contributed by atoms with Gasteiger partial charge >= 0.3 is 0 Å². The van der Waals surface area contributed by atoms with Gasteiger partial charge in [0.05, 0.1) is 12.3 Å². The topological polar surface area (TPSA) is 32.8 Å². The summed E-state index contributed by atoms with van der Waals surface area (Å²) >= 11 is 0. The highest BCUT2D eigenvalue weighted by molar-refractivity contribution is 5.96. The average Bonchev–Trinajstić information content (AvgIpc) is 3.25. The van der Waals surface area contributed by atoms with E-state index < -0.39 is 0 Å². The summed E-state index contributed by atoms with van der Waals surface area (Å²) in [7, 11) is 0. The predicted octanol–water partition coefficient (Wildman–Crippen LogP) is 4.07. The first-order valence-electron chi connectivity index (χ1n) is 10.6. The van der Waals surface area contributed by atoms with Gasteiger partial charge in [-0.15, -0.1) is 0 Å². The predicted molar refractivity (Wildman–Crippen MR) is 113 cm³/mol. The second-order valence-corrected chi connectivity index (χ2v) is 7.82. The quantitative estimate of drug-likeness (QED) is 0.649. The van der Waals surface area contributed by atoms with Gasteiger partial charge in [-0.05, 0) is 62.4 Å². The van der Waals surface area contributed by atoms with Crippen molar-refractivity contribution in [2.24, 2.45) is 0 Å². The Bertz CT molecular complexity index is 784. The molecule has 4 heteroatoms. The van der Waals surface area contributed by atoms with E-state index in [4.69, 9.17) is 4.74 Å². The Kier molecular flexibility index (Phi) is 6.27. The minimum absolute atomic E-state index is 0.217.